The SMILES string of the molecule is C[C@@H](N1CN([C@@H]2c3ccccc3SCc3c(Cl)cccc32)n2ccc(=O)c(OCOC(=O)OCCN(C)C)c2C1=O)C(F)(F)F.Cl. The monoisotopic (exact) mass is 702 g/mol. The fourth-order valence-electron chi connectivity index (χ4n) is 5.11. The standard InChI is InChI=1S/C30H30ClF3N4O6S.ClH/c1-18(30(32,33)34)36-16-38(25-19-8-6-9-22(31)21(19)15-45-24-10-5-4-7-20(24)25)37-12-11-23(39)27(26(37)28(36)40)43-17-44-29(41)42-14-13-35(2)3;/h4-12,18,25H,13-17H2,1-3H3;1H/t18-,25+;/m1./s1. The minimum atomic E-state index is -4.78. The summed E-state index contributed by atoms with van der Waals surface area (Å²) in [6.45, 7) is 0.0231. The van der Waals surface area contributed by atoms with Crippen LogP contribution in [-0.4, -0.2) is 79.5 Å². The second-order valence-electron chi connectivity index (χ2n) is 10.6. The molecule has 16 heteroatoms. The lowest BCUT2D eigenvalue weighted by Gasteiger charge is -2.46. The summed E-state index contributed by atoms with van der Waals surface area (Å²) in [5.41, 5.74) is 1.05. The Bertz CT molecular complexity index is 1660. The molecule has 2 atom stereocenters. The summed E-state index contributed by atoms with van der Waals surface area (Å²) in [5.74, 6) is -1.15. The Morgan fingerprint density at radius 3 is 2.52 bits per heavy atom. The Labute approximate surface area is 278 Å². The third-order valence-corrected chi connectivity index (χ3v) is 8.96. The van der Waals surface area contributed by atoms with Crippen molar-refractivity contribution in [3.8, 4) is 5.75 Å². The maximum atomic E-state index is 14.2. The van der Waals surface area contributed by atoms with E-state index in [9.17, 15) is 27.6 Å². The molecule has 248 valence electrons. The first-order valence-corrected chi connectivity index (χ1v) is 15.2. The predicted octanol–water partition coefficient (Wildman–Crippen LogP) is 5.67. The summed E-state index contributed by atoms with van der Waals surface area (Å²) >= 11 is 8.17. The molecule has 3 heterocycles. The molecule has 0 fully saturated rings. The Morgan fingerprint density at radius 2 is 1.80 bits per heavy atom. The van der Waals surface area contributed by atoms with Crippen LogP contribution in [0.5, 0.6) is 5.75 Å². The minimum absolute atomic E-state index is 0. The van der Waals surface area contributed by atoms with Gasteiger partial charge in [-0.05, 0) is 49.8 Å². The van der Waals surface area contributed by atoms with Crippen LogP contribution in [0, 0.1) is 0 Å². The second-order valence-corrected chi connectivity index (χ2v) is 12.0. The zero-order chi connectivity index (χ0) is 32.5. The summed E-state index contributed by atoms with van der Waals surface area (Å²) in [6.07, 6.45) is -4.54. The number of pyridine rings is 1. The summed E-state index contributed by atoms with van der Waals surface area (Å²) in [5, 5.41) is 2.06. The highest BCUT2D eigenvalue weighted by molar-refractivity contribution is 7.98. The van der Waals surface area contributed by atoms with E-state index in [1.54, 1.807) is 36.1 Å². The van der Waals surface area contributed by atoms with Gasteiger partial charge in [0, 0.05) is 34.5 Å². The van der Waals surface area contributed by atoms with E-state index in [0.717, 1.165) is 34.6 Å². The number of benzene rings is 2. The number of nitrogens with zero attached hydrogens (tertiary/aromatic N) is 4. The van der Waals surface area contributed by atoms with E-state index in [4.69, 9.17) is 25.8 Å². The largest absolute Gasteiger partial charge is 0.511 e. The molecule has 1 amide bonds. The first-order valence-electron chi connectivity index (χ1n) is 13.8. The van der Waals surface area contributed by atoms with Crippen molar-refractivity contribution in [2.75, 3.05) is 45.7 Å². The lowest BCUT2D eigenvalue weighted by atomic mass is 9.94. The highest BCUT2D eigenvalue weighted by atomic mass is 35.5. The van der Waals surface area contributed by atoms with Crippen LogP contribution in [0.1, 0.15) is 40.1 Å². The van der Waals surface area contributed by atoms with Gasteiger partial charge in [-0.1, -0.05) is 41.9 Å². The van der Waals surface area contributed by atoms with E-state index in [2.05, 4.69) is 0 Å². The van der Waals surface area contributed by atoms with Crippen LogP contribution in [0.25, 0.3) is 0 Å². The lowest BCUT2D eigenvalue weighted by molar-refractivity contribution is -0.173. The van der Waals surface area contributed by atoms with Crippen LogP contribution in [-0.2, 0) is 15.2 Å². The number of carbonyl (C=O) groups is 2. The van der Waals surface area contributed by atoms with Crippen molar-refractivity contribution >= 4 is 47.8 Å². The van der Waals surface area contributed by atoms with Crippen molar-refractivity contribution in [2.24, 2.45) is 0 Å². The van der Waals surface area contributed by atoms with Crippen LogP contribution in [0.3, 0.4) is 0 Å². The number of halogens is 5. The van der Waals surface area contributed by atoms with E-state index >= 15 is 0 Å². The fourth-order valence-corrected chi connectivity index (χ4v) is 6.58. The predicted molar refractivity (Wildman–Crippen MR) is 169 cm³/mol. The van der Waals surface area contributed by atoms with Gasteiger partial charge >= 0.3 is 12.3 Å². The lowest BCUT2D eigenvalue weighted by Crippen LogP contribution is -2.60. The number of carbonyl (C=O) groups excluding carboxylic acids is 2. The highest BCUT2D eigenvalue weighted by Crippen LogP contribution is 2.45. The molecule has 0 N–H and O–H groups in total. The zero-order valence-corrected chi connectivity index (χ0v) is 27.3. The van der Waals surface area contributed by atoms with Crippen LogP contribution in [0.15, 0.2) is 64.4 Å². The molecule has 2 aliphatic rings. The average molecular weight is 704 g/mol. The molecule has 0 unspecified atom stereocenters. The van der Waals surface area contributed by atoms with Gasteiger partial charge in [0.15, 0.2) is 5.69 Å². The molecular weight excluding hydrogens is 672 g/mol. The molecule has 2 aliphatic heterocycles. The molecule has 0 spiro atoms. The highest BCUT2D eigenvalue weighted by Gasteiger charge is 2.48. The normalized spacial score (nSPS) is 16.4. The van der Waals surface area contributed by atoms with Gasteiger partial charge in [0.2, 0.25) is 18.0 Å². The fraction of sp³-hybridized carbons (Fsp3) is 0.367. The average Bonchev–Trinajstić information content (AvgIpc) is 3.15. The van der Waals surface area contributed by atoms with Gasteiger partial charge < -0.3 is 24.0 Å². The molecule has 46 heavy (non-hydrogen) atoms. The number of thioether (sulfide) groups is 1. The van der Waals surface area contributed by atoms with Gasteiger partial charge in [-0.15, -0.1) is 24.2 Å². The van der Waals surface area contributed by atoms with Crippen molar-refractivity contribution in [2.45, 2.75) is 35.8 Å². The quantitative estimate of drug-likeness (QED) is 0.217. The number of aromatic nitrogens is 1. The Morgan fingerprint density at radius 1 is 1.09 bits per heavy atom. The van der Waals surface area contributed by atoms with Crippen molar-refractivity contribution < 1.29 is 37.0 Å². The van der Waals surface area contributed by atoms with E-state index in [1.165, 1.54) is 22.6 Å². The molecule has 10 nitrogen and oxygen atoms in total. The van der Waals surface area contributed by atoms with Crippen molar-refractivity contribution in [3.05, 3.63) is 92.4 Å². The first-order chi connectivity index (χ1) is 21.4. The number of hydrogen-bond donors (Lipinski definition) is 0. The van der Waals surface area contributed by atoms with Crippen LogP contribution in [0.4, 0.5) is 18.0 Å². The molecule has 0 saturated heterocycles. The topological polar surface area (TPSA) is 93.5 Å². The Hall–Kier alpha value is -3.59. The van der Waals surface area contributed by atoms with E-state index in [-0.39, 0.29) is 19.0 Å². The van der Waals surface area contributed by atoms with Gasteiger partial charge in [-0.2, -0.15) is 13.2 Å². The number of rotatable bonds is 8. The number of fused-ring (bicyclic) bond motifs is 3. The maximum Gasteiger partial charge on any atom is 0.511 e. The number of likely N-dealkylation sites (N-methyl/N-ethyl adjacent to an activating group) is 1. The van der Waals surface area contributed by atoms with Gasteiger partial charge in [0.05, 0.1) is 6.04 Å². The van der Waals surface area contributed by atoms with Crippen molar-refractivity contribution in [3.63, 3.8) is 0 Å². The summed E-state index contributed by atoms with van der Waals surface area (Å²) < 4.78 is 59.2. The maximum absolute atomic E-state index is 14.2. The Balaban J connectivity index is 0.00000480. The summed E-state index contributed by atoms with van der Waals surface area (Å²) in [4.78, 5) is 42.2. The molecule has 3 aromatic rings. The molecule has 0 aliphatic carbocycles. The van der Waals surface area contributed by atoms with E-state index < -0.39 is 60.7 Å². The molecule has 5 rings (SSSR count). The molecule has 0 saturated carbocycles. The zero-order valence-electron chi connectivity index (χ0n) is 25.0. The van der Waals surface area contributed by atoms with Crippen molar-refractivity contribution in [1.82, 2.24) is 14.5 Å². The van der Waals surface area contributed by atoms with Crippen LogP contribution in [0.2, 0.25) is 5.02 Å². The molecular formula is C30H31Cl2F3N4O6S. The first kappa shape index (κ1) is 35.3. The third-order valence-electron chi connectivity index (χ3n) is 7.49. The number of hydrogen-bond acceptors (Lipinski definition) is 9. The molecule has 1 aromatic heterocycles. The molecule has 0 radical (unpaired) electrons. The number of alkyl halides is 3. The van der Waals surface area contributed by atoms with E-state index in [1.807, 2.05) is 30.3 Å². The van der Waals surface area contributed by atoms with Gasteiger partial charge in [0.25, 0.3) is 5.91 Å². The smallest absolute Gasteiger partial charge is 0.451 e. The van der Waals surface area contributed by atoms with Crippen molar-refractivity contribution in [1.29, 1.82) is 0 Å². The van der Waals surface area contributed by atoms with E-state index in [0.29, 0.717) is 22.2 Å². The minimum Gasteiger partial charge on any atom is -0.451 e. The number of ether oxygens (including phenoxy) is 3. The van der Waals surface area contributed by atoms with Crippen LogP contribution < -0.4 is 15.2 Å². The Kier molecular flexibility index (Phi) is 11.1. The van der Waals surface area contributed by atoms with Crippen LogP contribution >= 0.6 is 35.8 Å². The molecule has 2 aromatic carbocycles. The number of amides is 1. The second kappa shape index (κ2) is 14.4. The third kappa shape index (κ3) is 7.19. The summed E-state index contributed by atoms with van der Waals surface area (Å²) in [6, 6.07) is 11.0. The molecule has 0 bridgehead atoms. The van der Waals surface area contributed by atoms with Gasteiger partial charge in [0.1, 0.15) is 19.3 Å². The summed E-state index contributed by atoms with van der Waals surface area (Å²) in [7, 11) is 3.57. The van der Waals surface area contributed by atoms with Gasteiger partial charge in [-0.25, -0.2) is 4.79 Å². The van der Waals surface area contributed by atoms with Gasteiger partial charge in [-0.3, -0.25) is 19.3 Å².